The lowest BCUT2D eigenvalue weighted by Crippen LogP contribution is -2.19. The Balaban J connectivity index is 3.16. The maximum Gasteiger partial charge on any atom is 0.133 e. The molecule has 0 aliphatic heterocycles. The number of hydrogen-bond donors (Lipinski definition) is 1. The third-order valence-corrected chi connectivity index (χ3v) is 2.78. The highest BCUT2D eigenvalue weighted by atomic mass is 16.5. The zero-order chi connectivity index (χ0) is 11.4. The van der Waals surface area contributed by atoms with E-state index in [9.17, 15) is 0 Å². The van der Waals surface area contributed by atoms with Crippen LogP contribution in [-0.2, 0) is 4.74 Å². The van der Waals surface area contributed by atoms with Gasteiger partial charge in [0.25, 0.3) is 0 Å². The minimum absolute atomic E-state index is 0.0605. The van der Waals surface area contributed by atoms with Gasteiger partial charge in [0.15, 0.2) is 0 Å². The number of benzene rings is 1. The largest absolute Gasteiger partial charge is 0.496 e. The molecule has 0 aliphatic rings. The molecule has 1 N–H and O–H groups in total. The van der Waals surface area contributed by atoms with E-state index in [0.29, 0.717) is 0 Å². The number of rotatable bonds is 4. The zero-order valence-corrected chi connectivity index (χ0v) is 10.0. The summed E-state index contributed by atoms with van der Waals surface area (Å²) in [6.07, 6.45) is -0.0605. The second-order valence-corrected chi connectivity index (χ2v) is 3.51. The van der Waals surface area contributed by atoms with Crippen molar-refractivity contribution in [1.29, 1.82) is 0 Å². The Morgan fingerprint density at radius 2 is 1.80 bits per heavy atom. The highest BCUT2D eigenvalue weighted by molar-refractivity contribution is 5.44. The van der Waals surface area contributed by atoms with Gasteiger partial charge < -0.3 is 9.47 Å². The van der Waals surface area contributed by atoms with Gasteiger partial charge in [-0.1, -0.05) is 6.07 Å². The molecule has 0 radical (unpaired) electrons. The van der Waals surface area contributed by atoms with E-state index < -0.39 is 0 Å². The second-order valence-electron chi connectivity index (χ2n) is 3.51. The Morgan fingerprint density at radius 3 is 2.27 bits per heavy atom. The standard InChI is InChI=1S/C12H19NO2/c1-8-9(2)11(14-4)7-6-10(8)12(13-3)15-5/h6-7,12-13H,1-5H3. The van der Waals surface area contributed by atoms with E-state index in [1.165, 1.54) is 5.56 Å². The highest BCUT2D eigenvalue weighted by Crippen LogP contribution is 2.27. The van der Waals surface area contributed by atoms with Crippen LogP contribution in [0.25, 0.3) is 0 Å². The molecule has 1 rings (SSSR count). The summed E-state index contributed by atoms with van der Waals surface area (Å²) in [4.78, 5) is 0. The van der Waals surface area contributed by atoms with E-state index >= 15 is 0 Å². The fraction of sp³-hybridized carbons (Fsp3) is 0.500. The van der Waals surface area contributed by atoms with Crippen molar-refractivity contribution in [2.45, 2.75) is 20.1 Å². The molecule has 3 heteroatoms. The van der Waals surface area contributed by atoms with Gasteiger partial charge in [0.05, 0.1) is 7.11 Å². The van der Waals surface area contributed by atoms with Gasteiger partial charge in [0.1, 0.15) is 12.0 Å². The first-order chi connectivity index (χ1) is 7.15. The lowest BCUT2D eigenvalue weighted by Gasteiger charge is -2.19. The predicted molar refractivity (Wildman–Crippen MR) is 61.3 cm³/mol. The average molecular weight is 209 g/mol. The van der Waals surface area contributed by atoms with Crippen molar-refractivity contribution >= 4 is 0 Å². The fourth-order valence-electron chi connectivity index (χ4n) is 1.72. The molecule has 1 aromatic rings. The molecule has 0 heterocycles. The summed E-state index contributed by atoms with van der Waals surface area (Å²) < 4.78 is 10.6. The Labute approximate surface area is 91.4 Å². The van der Waals surface area contributed by atoms with Gasteiger partial charge in [-0.25, -0.2) is 0 Å². The van der Waals surface area contributed by atoms with Crippen LogP contribution in [0, 0.1) is 13.8 Å². The highest BCUT2D eigenvalue weighted by Gasteiger charge is 2.13. The SMILES string of the molecule is CNC(OC)c1ccc(OC)c(C)c1C. The van der Waals surface area contributed by atoms with Crippen LogP contribution in [0.4, 0.5) is 0 Å². The van der Waals surface area contributed by atoms with Crippen LogP contribution in [0.2, 0.25) is 0 Å². The minimum atomic E-state index is -0.0605. The van der Waals surface area contributed by atoms with Gasteiger partial charge in [0, 0.05) is 7.11 Å². The van der Waals surface area contributed by atoms with Crippen LogP contribution in [-0.4, -0.2) is 21.3 Å². The molecule has 84 valence electrons. The third kappa shape index (κ3) is 2.30. The summed E-state index contributed by atoms with van der Waals surface area (Å²) in [6.45, 7) is 4.14. The summed E-state index contributed by atoms with van der Waals surface area (Å²) in [7, 11) is 5.26. The number of ether oxygens (including phenoxy) is 2. The van der Waals surface area contributed by atoms with Crippen molar-refractivity contribution in [3.05, 3.63) is 28.8 Å². The molecule has 0 saturated carbocycles. The maximum atomic E-state index is 5.34. The van der Waals surface area contributed by atoms with Gasteiger partial charge in [-0.2, -0.15) is 0 Å². The van der Waals surface area contributed by atoms with Crippen LogP contribution < -0.4 is 10.1 Å². The smallest absolute Gasteiger partial charge is 0.133 e. The number of methoxy groups -OCH3 is 2. The molecular weight excluding hydrogens is 190 g/mol. The lowest BCUT2D eigenvalue weighted by atomic mass is 10.0. The van der Waals surface area contributed by atoms with Crippen LogP contribution in [0.15, 0.2) is 12.1 Å². The van der Waals surface area contributed by atoms with Crippen LogP contribution in [0.5, 0.6) is 5.75 Å². The summed E-state index contributed by atoms with van der Waals surface area (Å²) >= 11 is 0. The van der Waals surface area contributed by atoms with Gasteiger partial charge in [-0.05, 0) is 43.7 Å². The first kappa shape index (κ1) is 12.0. The lowest BCUT2D eigenvalue weighted by molar-refractivity contribution is 0.0803. The molecule has 15 heavy (non-hydrogen) atoms. The van der Waals surface area contributed by atoms with E-state index in [4.69, 9.17) is 9.47 Å². The molecule has 0 bridgehead atoms. The molecule has 0 fully saturated rings. The van der Waals surface area contributed by atoms with Crippen molar-refractivity contribution in [2.75, 3.05) is 21.3 Å². The Hall–Kier alpha value is -1.06. The molecule has 0 aliphatic carbocycles. The molecule has 0 spiro atoms. The predicted octanol–water partition coefficient (Wildman–Crippen LogP) is 2.18. The molecule has 1 unspecified atom stereocenters. The number of hydrogen-bond acceptors (Lipinski definition) is 3. The monoisotopic (exact) mass is 209 g/mol. The van der Waals surface area contributed by atoms with Crippen molar-refractivity contribution in [1.82, 2.24) is 5.32 Å². The molecule has 0 saturated heterocycles. The van der Waals surface area contributed by atoms with Crippen LogP contribution in [0.3, 0.4) is 0 Å². The quantitative estimate of drug-likeness (QED) is 0.771. The summed E-state index contributed by atoms with van der Waals surface area (Å²) in [6, 6.07) is 4.01. The summed E-state index contributed by atoms with van der Waals surface area (Å²) in [5.41, 5.74) is 3.51. The molecule has 0 amide bonds. The Morgan fingerprint density at radius 1 is 1.13 bits per heavy atom. The topological polar surface area (TPSA) is 30.5 Å². The van der Waals surface area contributed by atoms with Crippen LogP contribution >= 0.6 is 0 Å². The summed E-state index contributed by atoms with van der Waals surface area (Å²) in [5.74, 6) is 0.919. The Bertz CT molecular complexity index is 333. The van der Waals surface area contributed by atoms with E-state index in [-0.39, 0.29) is 6.23 Å². The molecule has 1 atom stereocenters. The fourth-order valence-corrected chi connectivity index (χ4v) is 1.72. The van der Waals surface area contributed by atoms with E-state index in [1.807, 2.05) is 19.2 Å². The van der Waals surface area contributed by atoms with Crippen molar-refractivity contribution in [3.63, 3.8) is 0 Å². The van der Waals surface area contributed by atoms with Gasteiger partial charge in [-0.3, -0.25) is 5.32 Å². The molecular formula is C12H19NO2. The molecule has 1 aromatic carbocycles. The van der Waals surface area contributed by atoms with Crippen molar-refractivity contribution in [3.8, 4) is 5.75 Å². The first-order valence-corrected chi connectivity index (χ1v) is 4.99. The van der Waals surface area contributed by atoms with E-state index in [2.05, 4.69) is 19.2 Å². The second kappa shape index (κ2) is 5.14. The Kier molecular flexibility index (Phi) is 4.12. The average Bonchev–Trinajstić information content (AvgIpc) is 2.26. The van der Waals surface area contributed by atoms with Gasteiger partial charge in [-0.15, -0.1) is 0 Å². The molecule has 0 aromatic heterocycles. The van der Waals surface area contributed by atoms with E-state index in [0.717, 1.165) is 16.9 Å². The van der Waals surface area contributed by atoms with Gasteiger partial charge in [0.2, 0.25) is 0 Å². The first-order valence-electron chi connectivity index (χ1n) is 4.99. The normalized spacial score (nSPS) is 12.6. The minimum Gasteiger partial charge on any atom is -0.496 e. The van der Waals surface area contributed by atoms with Crippen molar-refractivity contribution < 1.29 is 9.47 Å². The molecule has 3 nitrogen and oxygen atoms in total. The zero-order valence-electron chi connectivity index (χ0n) is 10.0. The number of nitrogens with one attached hydrogen (secondary N) is 1. The van der Waals surface area contributed by atoms with Crippen LogP contribution in [0.1, 0.15) is 22.9 Å². The summed E-state index contributed by atoms with van der Waals surface area (Å²) in [5, 5.41) is 3.11. The maximum absolute atomic E-state index is 5.34. The van der Waals surface area contributed by atoms with Gasteiger partial charge >= 0.3 is 0 Å². The van der Waals surface area contributed by atoms with Crippen molar-refractivity contribution in [2.24, 2.45) is 0 Å². The third-order valence-electron chi connectivity index (χ3n) is 2.78. The van der Waals surface area contributed by atoms with E-state index in [1.54, 1.807) is 14.2 Å².